The van der Waals surface area contributed by atoms with Gasteiger partial charge in [-0.2, -0.15) is 0 Å². The Morgan fingerprint density at radius 3 is 2.25 bits per heavy atom. The Kier molecular flexibility index (Phi) is 5.51. The normalized spacial score (nSPS) is 13.0. The molecule has 2 aromatic carbocycles. The zero-order valence-electron chi connectivity index (χ0n) is 14.0. The predicted octanol–water partition coefficient (Wildman–Crippen LogP) is 3.23. The molecule has 0 saturated carbocycles. The van der Waals surface area contributed by atoms with Gasteiger partial charge in [-0.05, 0) is 43.2 Å². The van der Waals surface area contributed by atoms with E-state index in [2.05, 4.69) is 4.72 Å². The summed E-state index contributed by atoms with van der Waals surface area (Å²) < 4.78 is 27.4. The van der Waals surface area contributed by atoms with Crippen LogP contribution in [0.25, 0.3) is 0 Å². The van der Waals surface area contributed by atoms with Crippen molar-refractivity contribution in [1.82, 2.24) is 0 Å². The molecule has 2 rings (SSSR count). The van der Waals surface area contributed by atoms with Crippen LogP contribution in [-0.4, -0.2) is 25.2 Å². The van der Waals surface area contributed by atoms with Crippen molar-refractivity contribution in [2.45, 2.75) is 31.6 Å². The topological polar surface area (TPSA) is 86.6 Å². The Bertz CT molecular complexity index is 798. The first-order valence-corrected chi connectivity index (χ1v) is 9.26. The SMILES string of the molecule is Cc1ccc(S(=O)(=O)Nc2ccc(O)c([C@H](CO)C(C)C)c2)cc1. The van der Waals surface area contributed by atoms with Crippen LogP contribution in [0, 0.1) is 12.8 Å². The van der Waals surface area contributed by atoms with E-state index in [0.29, 0.717) is 11.3 Å². The van der Waals surface area contributed by atoms with E-state index in [0.717, 1.165) is 5.56 Å². The van der Waals surface area contributed by atoms with E-state index in [1.165, 1.54) is 12.1 Å². The van der Waals surface area contributed by atoms with E-state index in [-0.39, 0.29) is 29.1 Å². The molecule has 0 aliphatic rings. The number of nitrogens with one attached hydrogen (secondary N) is 1. The third kappa shape index (κ3) is 4.07. The number of benzene rings is 2. The molecular formula is C18H23NO4S. The quantitative estimate of drug-likeness (QED) is 0.699. The number of phenols is 1. The average Bonchev–Trinajstić information content (AvgIpc) is 2.51. The lowest BCUT2D eigenvalue weighted by Gasteiger charge is -2.21. The van der Waals surface area contributed by atoms with Crippen molar-refractivity contribution < 1.29 is 18.6 Å². The highest BCUT2D eigenvalue weighted by Crippen LogP contribution is 2.33. The predicted molar refractivity (Wildman–Crippen MR) is 94.8 cm³/mol. The first-order chi connectivity index (χ1) is 11.2. The highest BCUT2D eigenvalue weighted by atomic mass is 32.2. The van der Waals surface area contributed by atoms with Crippen molar-refractivity contribution in [2.75, 3.05) is 11.3 Å². The fraction of sp³-hybridized carbons (Fsp3) is 0.333. The van der Waals surface area contributed by atoms with E-state index >= 15 is 0 Å². The maximum Gasteiger partial charge on any atom is 0.261 e. The van der Waals surface area contributed by atoms with Gasteiger partial charge in [-0.1, -0.05) is 31.5 Å². The van der Waals surface area contributed by atoms with Crippen LogP contribution in [0.15, 0.2) is 47.4 Å². The standard InChI is InChI=1S/C18H23NO4S/c1-12(2)17(11-20)16-10-14(6-9-18(16)21)19-24(22,23)15-7-4-13(3)5-8-15/h4-10,12,17,19-21H,11H2,1-3H3/t17-/m1/s1. The molecule has 5 nitrogen and oxygen atoms in total. The third-order valence-electron chi connectivity index (χ3n) is 4.01. The molecule has 0 spiro atoms. The molecule has 6 heteroatoms. The summed E-state index contributed by atoms with van der Waals surface area (Å²) in [6.45, 7) is 5.63. The number of phenolic OH excluding ortho intramolecular Hbond substituents is 1. The molecule has 0 radical (unpaired) electrons. The van der Waals surface area contributed by atoms with Gasteiger partial charge in [0.15, 0.2) is 0 Å². The van der Waals surface area contributed by atoms with Gasteiger partial charge < -0.3 is 10.2 Å². The molecule has 2 aromatic rings. The van der Waals surface area contributed by atoms with Crippen LogP contribution in [0.5, 0.6) is 5.75 Å². The van der Waals surface area contributed by atoms with Crippen LogP contribution in [0.1, 0.15) is 30.9 Å². The van der Waals surface area contributed by atoms with Crippen LogP contribution in [-0.2, 0) is 10.0 Å². The Morgan fingerprint density at radius 1 is 1.08 bits per heavy atom. The fourth-order valence-electron chi connectivity index (χ4n) is 2.51. The average molecular weight is 349 g/mol. The Morgan fingerprint density at radius 2 is 1.71 bits per heavy atom. The summed E-state index contributed by atoms with van der Waals surface area (Å²) in [6, 6.07) is 11.1. The van der Waals surface area contributed by atoms with Gasteiger partial charge in [0.2, 0.25) is 0 Å². The van der Waals surface area contributed by atoms with E-state index in [1.54, 1.807) is 30.3 Å². The van der Waals surface area contributed by atoms with E-state index in [9.17, 15) is 18.6 Å². The van der Waals surface area contributed by atoms with Gasteiger partial charge in [-0.15, -0.1) is 0 Å². The Labute approximate surface area is 143 Å². The number of anilines is 1. The first-order valence-electron chi connectivity index (χ1n) is 7.78. The van der Waals surface area contributed by atoms with Crippen LogP contribution in [0.4, 0.5) is 5.69 Å². The van der Waals surface area contributed by atoms with Crippen molar-refractivity contribution >= 4 is 15.7 Å². The smallest absolute Gasteiger partial charge is 0.261 e. The van der Waals surface area contributed by atoms with Crippen molar-refractivity contribution in [2.24, 2.45) is 5.92 Å². The van der Waals surface area contributed by atoms with Gasteiger partial charge in [0.05, 0.1) is 11.5 Å². The number of rotatable bonds is 6. The van der Waals surface area contributed by atoms with Gasteiger partial charge in [-0.25, -0.2) is 8.42 Å². The molecule has 0 unspecified atom stereocenters. The summed E-state index contributed by atoms with van der Waals surface area (Å²) in [7, 11) is -3.71. The van der Waals surface area contributed by atoms with Crippen molar-refractivity contribution in [3.8, 4) is 5.75 Å². The van der Waals surface area contributed by atoms with Crippen LogP contribution in [0.3, 0.4) is 0 Å². The maximum atomic E-state index is 12.5. The van der Waals surface area contributed by atoms with Crippen molar-refractivity contribution in [1.29, 1.82) is 0 Å². The number of aliphatic hydroxyl groups excluding tert-OH is 1. The molecule has 24 heavy (non-hydrogen) atoms. The minimum Gasteiger partial charge on any atom is -0.508 e. The minimum absolute atomic E-state index is 0.0426. The molecule has 0 amide bonds. The molecule has 0 fully saturated rings. The largest absolute Gasteiger partial charge is 0.508 e. The van der Waals surface area contributed by atoms with E-state index in [1.807, 2.05) is 20.8 Å². The molecule has 1 atom stereocenters. The second-order valence-electron chi connectivity index (χ2n) is 6.23. The Hall–Kier alpha value is -2.05. The van der Waals surface area contributed by atoms with Crippen LogP contribution < -0.4 is 4.72 Å². The van der Waals surface area contributed by atoms with Gasteiger partial charge >= 0.3 is 0 Å². The van der Waals surface area contributed by atoms with Gasteiger partial charge in [0, 0.05) is 17.2 Å². The number of aryl methyl sites for hydroxylation is 1. The third-order valence-corrected chi connectivity index (χ3v) is 5.41. The molecular weight excluding hydrogens is 326 g/mol. The van der Waals surface area contributed by atoms with Gasteiger partial charge in [-0.3, -0.25) is 4.72 Å². The molecule has 0 bridgehead atoms. The molecule has 0 aliphatic heterocycles. The summed E-state index contributed by atoms with van der Waals surface area (Å²) in [5.41, 5.74) is 1.85. The molecule has 0 aromatic heterocycles. The minimum atomic E-state index is -3.71. The summed E-state index contributed by atoms with van der Waals surface area (Å²) in [6.07, 6.45) is 0. The van der Waals surface area contributed by atoms with Crippen molar-refractivity contribution in [3.05, 3.63) is 53.6 Å². The summed E-state index contributed by atoms with van der Waals surface area (Å²) in [5, 5.41) is 19.6. The highest BCUT2D eigenvalue weighted by Gasteiger charge is 2.20. The number of aliphatic hydroxyl groups is 1. The number of hydrogen-bond donors (Lipinski definition) is 3. The number of sulfonamides is 1. The monoisotopic (exact) mass is 349 g/mol. The molecule has 0 aliphatic carbocycles. The lowest BCUT2D eigenvalue weighted by atomic mass is 9.88. The zero-order valence-corrected chi connectivity index (χ0v) is 14.8. The van der Waals surface area contributed by atoms with Crippen molar-refractivity contribution in [3.63, 3.8) is 0 Å². The van der Waals surface area contributed by atoms with Crippen LogP contribution >= 0.6 is 0 Å². The molecule has 130 valence electrons. The number of hydrogen-bond acceptors (Lipinski definition) is 4. The summed E-state index contributed by atoms with van der Waals surface area (Å²) in [5.74, 6) is -0.125. The summed E-state index contributed by atoms with van der Waals surface area (Å²) >= 11 is 0. The molecule has 0 heterocycles. The zero-order chi connectivity index (χ0) is 17.9. The van der Waals surface area contributed by atoms with Gasteiger partial charge in [0.1, 0.15) is 5.75 Å². The molecule has 0 saturated heterocycles. The number of aromatic hydroxyl groups is 1. The lowest BCUT2D eigenvalue weighted by molar-refractivity contribution is 0.234. The lowest BCUT2D eigenvalue weighted by Crippen LogP contribution is -2.15. The Balaban J connectivity index is 2.35. The second kappa shape index (κ2) is 7.23. The highest BCUT2D eigenvalue weighted by molar-refractivity contribution is 7.92. The van der Waals surface area contributed by atoms with E-state index < -0.39 is 10.0 Å². The van der Waals surface area contributed by atoms with Crippen LogP contribution in [0.2, 0.25) is 0 Å². The first kappa shape index (κ1) is 18.3. The maximum absolute atomic E-state index is 12.5. The summed E-state index contributed by atoms with van der Waals surface area (Å²) in [4.78, 5) is 0.172. The van der Waals surface area contributed by atoms with E-state index in [4.69, 9.17) is 0 Å². The molecule has 3 N–H and O–H groups in total. The second-order valence-corrected chi connectivity index (χ2v) is 7.91. The van der Waals surface area contributed by atoms with Gasteiger partial charge in [0.25, 0.3) is 10.0 Å². The fourth-order valence-corrected chi connectivity index (χ4v) is 3.56.